The van der Waals surface area contributed by atoms with Crippen LogP contribution in [0.4, 0.5) is 0 Å². The fraction of sp³-hybridized carbons (Fsp3) is 1.00. The van der Waals surface area contributed by atoms with Gasteiger partial charge in [-0.05, 0) is 43.4 Å². The fourth-order valence-corrected chi connectivity index (χ4v) is 2.39. The van der Waals surface area contributed by atoms with Crippen molar-refractivity contribution in [1.29, 1.82) is 0 Å². The first-order valence-electron chi connectivity index (χ1n) is 5.53. The standard InChI is InChI=1S/C11H23NO/c1-8(2)9-3-5-10(6-4-9)11(13)7-12/h8-11,13H,3-7,12H2,1-2H3/t9?,10?,11-/m1/s1. The minimum absolute atomic E-state index is 0.256. The normalized spacial score (nSPS) is 32.1. The van der Waals surface area contributed by atoms with Gasteiger partial charge in [0.25, 0.3) is 0 Å². The smallest absolute Gasteiger partial charge is 0.0690 e. The molecule has 1 aliphatic carbocycles. The van der Waals surface area contributed by atoms with Crippen molar-refractivity contribution in [1.82, 2.24) is 0 Å². The van der Waals surface area contributed by atoms with E-state index in [2.05, 4.69) is 13.8 Å². The van der Waals surface area contributed by atoms with E-state index in [-0.39, 0.29) is 6.10 Å². The molecule has 0 aliphatic heterocycles. The highest BCUT2D eigenvalue weighted by Gasteiger charge is 2.26. The van der Waals surface area contributed by atoms with E-state index in [1.54, 1.807) is 0 Å². The quantitative estimate of drug-likeness (QED) is 0.704. The highest BCUT2D eigenvalue weighted by molar-refractivity contribution is 4.78. The van der Waals surface area contributed by atoms with Crippen molar-refractivity contribution >= 4 is 0 Å². The average molecular weight is 185 g/mol. The molecule has 0 aromatic carbocycles. The SMILES string of the molecule is CC(C)C1CCC([C@H](O)CN)CC1. The van der Waals surface area contributed by atoms with Crippen LogP contribution in [0.2, 0.25) is 0 Å². The maximum Gasteiger partial charge on any atom is 0.0690 e. The summed E-state index contributed by atoms with van der Waals surface area (Å²) in [7, 11) is 0. The summed E-state index contributed by atoms with van der Waals surface area (Å²) in [5.74, 6) is 2.15. The lowest BCUT2D eigenvalue weighted by atomic mass is 9.75. The fourth-order valence-electron chi connectivity index (χ4n) is 2.39. The lowest BCUT2D eigenvalue weighted by Gasteiger charge is -2.32. The Labute approximate surface area is 81.5 Å². The summed E-state index contributed by atoms with van der Waals surface area (Å²) < 4.78 is 0. The average Bonchev–Trinajstić information content (AvgIpc) is 2.17. The molecule has 2 nitrogen and oxygen atoms in total. The molecule has 1 fully saturated rings. The zero-order valence-corrected chi connectivity index (χ0v) is 8.87. The third-order valence-corrected chi connectivity index (χ3v) is 3.54. The molecule has 3 N–H and O–H groups in total. The van der Waals surface area contributed by atoms with E-state index >= 15 is 0 Å². The molecular weight excluding hydrogens is 162 g/mol. The summed E-state index contributed by atoms with van der Waals surface area (Å²) in [6, 6.07) is 0. The van der Waals surface area contributed by atoms with Crippen molar-refractivity contribution in [2.24, 2.45) is 23.5 Å². The molecule has 1 atom stereocenters. The molecule has 1 aliphatic rings. The van der Waals surface area contributed by atoms with Crippen LogP contribution in [0.5, 0.6) is 0 Å². The van der Waals surface area contributed by atoms with Crippen molar-refractivity contribution in [3.63, 3.8) is 0 Å². The largest absolute Gasteiger partial charge is 0.392 e. The van der Waals surface area contributed by atoms with Gasteiger partial charge in [-0.1, -0.05) is 13.8 Å². The number of rotatable bonds is 3. The van der Waals surface area contributed by atoms with Gasteiger partial charge in [0.1, 0.15) is 0 Å². The van der Waals surface area contributed by atoms with E-state index in [1.807, 2.05) is 0 Å². The van der Waals surface area contributed by atoms with Crippen LogP contribution in [0.25, 0.3) is 0 Å². The van der Waals surface area contributed by atoms with Crippen molar-refractivity contribution < 1.29 is 5.11 Å². The topological polar surface area (TPSA) is 46.2 Å². The number of hydrogen-bond donors (Lipinski definition) is 2. The van der Waals surface area contributed by atoms with Crippen LogP contribution in [-0.2, 0) is 0 Å². The van der Waals surface area contributed by atoms with Gasteiger partial charge in [0.05, 0.1) is 6.10 Å². The van der Waals surface area contributed by atoms with Crippen molar-refractivity contribution in [3.05, 3.63) is 0 Å². The second-order valence-corrected chi connectivity index (χ2v) is 4.72. The number of aliphatic hydroxyl groups is 1. The number of aliphatic hydroxyl groups excluding tert-OH is 1. The Hall–Kier alpha value is -0.0800. The predicted octanol–water partition coefficient (Wildman–Crippen LogP) is 1.77. The molecule has 0 heterocycles. The van der Waals surface area contributed by atoms with Gasteiger partial charge in [-0.3, -0.25) is 0 Å². The van der Waals surface area contributed by atoms with Gasteiger partial charge in [-0.25, -0.2) is 0 Å². The van der Waals surface area contributed by atoms with Crippen LogP contribution in [0, 0.1) is 17.8 Å². The number of hydrogen-bond acceptors (Lipinski definition) is 2. The summed E-state index contributed by atoms with van der Waals surface area (Å²) in [6.45, 7) is 5.02. The maximum atomic E-state index is 9.58. The van der Waals surface area contributed by atoms with Crippen LogP contribution in [-0.4, -0.2) is 17.8 Å². The summed E-state index contributed by atoms with van der Waals surface area (Å²) in [4.78, 5) is 0. The van der Waals surface area contributed by atoms with E-state index < -0.39 is 0 Å². The minimum Gasteiger partial charge on any atom is -0.392 e. The third-order valence-electron chi connectivity index (χ3n) is 3.54. The molecule has 0 aromatic heterocycles. The van der Waals surface area contributed by atoms with Crippen LogP contribution in [0.1, 0.15) is 39.5 Å². The molecule has 1 saturated carbocycles. The Bertz CT molecular complexity index is 139. The molecular formula is C11H23NO. The van der Waals surface area contributed by atoms with Crippen LogP contribution in [0.3, 0.4) is 0 Å². The summed E-state index contributed by atoms with van der Waals surface area (Å²) in [6.07, 6.45) is 4.63. The maximum absolute atomic E-state index is 9.58. The van der Waals surface area contributed by atoms with Gasteiger partial charge in [-0.2, -0.15) is 0 Å². The van der Waals surface area contributed by atoms with E-state index in [0.717, 1.165) is 11.8 Å². The minimum atomic E-state index is -0.256. The number of nitrogens with two attached hydrogens (primary N) is 1. The monoisotopic (exact) mass is 185 g/mol. The second kappa shape index (κ2) is 4.97. The first-order chi connectivity index (χ1) is 6.15. The summed E-state index contributed by atoms with van der Waals surface area (Å²) in [5, 5.41) is 9.58. The Morgan fingerprint density at radius 2 is 1.62 bits per heavy atom. The third kappa shape index (κ3) is 2.96. The van der Waals surface area contributed by atoms with Gasteiger partial charge >= 0.3 is 0 Å². The zero-order valence-electron chi connectivity index (χ0n) is 8.87. The second-order valence-electron chi connectivity index (χ2n) is 4.72. The Morgan fingerprint density at radius 1 is 1.15 bits per heavy atom. The highest BCUT2D eigenvalue weighted by Crippen LogP contribution is 2.34. The summed E-state index contributed by atoms with van der Waals surface area (Å²) >= 11 is 0. The van der Waals surface area contributed by atoms with Crippen molar-refractivity contribution in [2.75, 3.05) is 6.54 Å². The first-order valence-corrected chi connectivity index (χ1v) is 5.53. The van der Waals surface area contributed by atoms with Gasteiger partial charge < -0.3 is 10.8 Å². The van der Waals surface area contributed by atoms with Crippen LogP contribution in [0.15, 0.2) is 0 Å². The van der Waals surface area contributed by atoms with E-state index in [1.165, 1.54) is 25.7 Å². The van der Waals surface area contributed by atoms with Crippen LogP contribution < -0.4 is 5.73 Å². The molecule has 78 valence electrons. The molecule has 0 unspecified atom stereocenters. The van der Waals surface area contributed by atoms with E-state index in [9.17, 15) is 5.11 Å². The molecule has 0 bridgehead atoms. The molecule has 1 rings (SSSR count). The van der Waals surface area contributed by atoms with Gasteiger partial charge in [0, 0.05) is 6.54 Å². The molecule has 13 heavy (non-hydrogen) atoms. The van der Waals surface area contributed by atoms with Gasteiger partial charge in [0.15, 0.2) is 0 Å². The van der Waals surface area contributed by atoms with E-state index in [0.29, 0.717) is 12.5 Å². The van der Waals surface area contributed by atoms with Gasteiger partial charge in [-0.15, -0.1) is 0 Å². The molecule has 0 radical (unpaired) electrons. The predicted molar refractivity (Wildman–Crippen MR) is 55.3 cm³/mol. The van der Waals surface area contributed by atoms with E-state index in [4.69, 9.17) is 5.73 Å². The Kier molecular flexibility index (Phi) is 4.20. The van der Waals surface area contributed by atoms with Crippen molar-refractivity contribution in [2.45, 2.75) is 45.6 Å². The first kappa shape index (κ1) is 11.0. The van der Waals surface area contributed by atoms with Gasteiger partial charge in [0.2, 0.25) is 0 Å². The molecule has 0 saturated heterocycles. The molecule has 0 spiro atoms. The Morgan fingerprint density at radius 3 is 2.00 bits per heavy atom. The Balaban J connectivity index is 2.30. The van der Waals surface area contributed by atoms with Crippen LogP contribution >= 0.6 is 0 Å². The molecule has 2 heteroatoms. The lowest BCUT2D eigenvalue weighted by molar-refractivity contribution is 0.0735. The molecule has 0 aromatic rings. The lowest BCUT2D eigenvalue weighted by Crippen LogP contribution is -2.32. The molecule has 0 amide bonds. The van der Waals surface area contributed by atoms with Crippen molar-refractivity contribution in [3.8, 4) is 0 Å². The highest BCUT2D eigenvalue weighted by atomic mass is 16.3. The summed E-state index contributed by atoms with van der Waals surface area (Å²) in [5.41, 5.74) is 5.45. The zero-order chi connectivity index (χ0) is 9.84.